The van der Waals surface area contributed by atoms with Crippen LogP contribution in [0.3, 0.4) is 0 Å². The highest BCUT2D eigenvalue weighted by Gasteiger charge is 2.28. The largest absolute Gasteiger partial charge is 0.311 e. The van der Waals surface area contributed by atoms with E-state index < -0.39 is 8.07 Å². The highest BCUT2D eigenvalue weighted by molar-refractivity contribution is 6.83. The molecule has 0 heterocycles. The summed E-state index contributed by atoms with van der Waals surface area (Å²) < 4.78 is 16.1. The molecule has 9 aromatic carbocycles. The molecule has 0 aromatic heterocycles. The monoisotopic (exact) mass is 836 g/mol. The molecule has 0 fully saturated rings. The van der Waals surface area contributed by atoms with Crippen molar-refractivity contribution in [2.75, 3.05) is 9.80 Å². The third-order valence-corrected chi connectivity index (χ3v) is 15.3. The number of hydrogen-bond acceptors (Lipinski definition) is 2. The molecule has 63 heavy (non-hydrogen) atoms. The zero-order chi connectivity index (χ0) is 43.5. The van der Waals surface area contributed by atoms with E-state index in [1.54, 1.807) is 17.3 Å². The Labute approximate surface area is 372 Å². The summed E-state index contributed by atoms with van der Waals surface area (Å²) in [6.07, 6.45) is 6.41. The van der Waals surface area contributed by atoms with E-state index in [-0.39, 0.29) is 11.2 Å². The topological polar surface area (TPSA) is 6.48 Å². The van der Waals surface area contributed by atoms with Crippen molar-refractivity contribution in [1.29, 1.82) is 0 Å². The maximum Gasteiger partial charge on any atom is 0.147 e. The first-order chi connectivity index (χ1) is 30.4. The average Bonchev–Trinajstić information content (AvgIpc) is 3.30. The predicted octanol–water partition coefficient (Wildman–Crippen LogP) is 17.4. The zero-order valence-electron chi connectivity index (χ0n) is 37.1. The Bertz CT molecular complexity index is 3190. The number of halogens is 1. The molecule has 0 unspecified atom stereocenters. The van der Waals surface area contributed by atoms with Gasteiger partial charge in [0.25, 0.3) is 0 Å². The summed E-state index contributed by atoms with van der Waals surface area (Å²) >= 11 is 0. The molecule has 0 aliphatic heterocycles. The molecule has 1 aliphatic rings. The van der Waals surface area contributed by atoms with Crippen LogP contribution in [0.4, 0.5) is 32.8 Å². The van der Waals surface area contributed by atoms with Crippen molar-refractivity contribution in [3.8, 4) is 22.3 Å². The van der Waals surface area contributed by atoms with Gasteiger partial charge in [-0.3, -0.25) is 0 Å². The summed E-state index contributed by atoms with van der Waals surface area (Å²) in [5.41, 5.74) is 11.9. The molecule has 4 heteroatoms. The van der Waals surface area contributed by atoms with E-state index in [1.165, 1.54) is 27.3 Å². The van der Waals surface area contributed by atoms with Crippen LogP contribution in [0.1, 0.15) is 39.2 Å². The van der Waals surface area contributed by atoms with Crippen LogP contribution >= 0.6 is 0 Å². The van der Waals surface area contributed by atoms with E-state index in [0.29, 0.717) is 5.69 Å². The van der Waals surface area contributed by atoms with E-state index >= 15 is 4.39 Å². The van der Waals surface area contributed by atoms with Gasteiger partial charge in [0.15, 0.2) is 0 Å². The van der Waals surface area contributed by atoms with E-state index in [4.69, 9.17) is 0 Å². The SMILES string of the molecule is CC(C)(C)c1ccc(N(c2cc(-c3ccccc3)ccc2-c2ccccc2)c2ccc3ccc4c(N(C5=CC=C([Si](C)(C)C)CC5)c5ccccc5F)ccc5ccc2c3c54)cc1. The van der Waals surface area contributed by atoms with Crippen LogP contribution in [-0.2, 0) is 5.41 Å². The maximum absolute atomic E-state index is 16.1. The van der Waals surface area contributed by atoms with Crippen LogP contribution < -0.4 is 9.80 Å². The molecule has 0 bridgehead atoms. The van der Waals surface area contributed by atoms with Crippen molar-refractivity contribution in [2.24, 2.45) is 0 Å². The molecule has 1 aliphatic carbocycles. The molecule has 0 N–H and O–H groups in total. The number of allylic oxidation sites excluding steroid dienone is 4. The molecule has 9 aromatic rings. The first kappa shape index (κ1) is 40.3. The average molecular weight is 837 g/mol. The number of para-hydroxylation sites is 1. The molecule has 0 spiro atoms. The van der Waals surface area contributed by atoms with Gasteiger partial charge in [0, 0.05) is 27.7 Å². The number of benzene rings is 9. The standard InChI is InChI=1S/C59H53FN2Si/c1-59(2,3)45-26-28-46(29-27-45)62(56-39-44(40-15-9-7-10-16-40)23-34-49(56)41-17-11-8-12-18-41)54-38-25-43-21-35-50-53(37-24-42-22-36-51(54)58(43)57(42)50)61(55-20-14-13-19-52(55)60)47-30-32-48(33-31-47)63(4,5)6/h7-30,32,34-39H,31,33H2,1-6H3. The van der Waals surface area contributed by atoms with E-state index in [0.717, 1.165) is 74.1 Å². The van der Waals surface area contributed by atoms with Gasteiger partial charge in [-0.05, 0) is 111 Å². The van der Waals surface area contributed by atoms with Crippen LogP contribution in [0.5, 0.6) is 0 Å². The highest BCUT2D eigenvalue weighted by atomic mass is 28.3. The molecular formula is C59H53FN2Si. The summed E-state index contributed by atoms with van der Waals surface area (Å²) in [5, 5.41) is 8.52. The first-order valence-electron chi connectivity index (χ1n) is 22.2. The number of rotatable bonds is 9. The smallest absolute Gasteiger partial charge is 0.147 e. The van der Waals surface area contributed by atoms with E-state index in [9.17, 15) is 0 Å². The summed E-state index contributed by atoms with van der Waals surface area (Å²) in [7, 11) is -1.48. The van der Waals surface area contributed by atoms with Crippen LogP contribution in [-0.4, -0.2) is 8.07 Å². The third-order valence-electron chi connectivity index (χ3n) is 13.0. The second-order valence-electron chi connectivity index (χ2n) is 19.1. The predicted molar refractivity (Wildman–Crippen MR) is 272 cm³/mol. The Kier molecular flexibility index (Phi) is 10.2. The Morgan fingerprint density at radius 1 is 0.476 bits per heavy atom. The molecule has 0 radical (unpaired) electrons. The molecule has 0 saturated heterocycles. The Morgan fingerprint density at radius 2 is 1.05 bits per heavy atom. The Balaban J connectivity index is 1.24. The van der Waals surface area contributed by atoms with E-state index in [1.807, 2.05) is 12.1 Å². The zero-order valence-corrected chi connectivity index (χ0v) is 38.1. The summed E-state index contributed by atoms with van der Waals surface area (Å²) in [4.78, 5) is 4.65. The van der Waals surface area contributed by atoms with Crippen molar-refractivity contribution in [2.45, 2.75) is 58.7 Å². The minimum Gasteiger partial charge on any atom is -0.311 e. The van der Waals surface area contributed by atoms with Crippen molar-refractivity contribution in [3.63, 3.8) is 0 Å². The van der Waals surface area contributed by atoms with Crippen molar-refractivity contribution >= 4 is 68.8 Å². The first-order valence-corrected chi connectivity index (χ1v) is 25.7. The fraction of sp³-hybridized carbons (Fsp3) is 0.153. The van der Waals surface area contributed by atoms with Gasteiger partial charge < -0.3 is 9.80 Å². The van der Waals surface area contributed by atoms with Crippen LogP contribution in [0, 0.1) is 5.82 Å². The van der Waals surface area contributed by atoms with Crippen molar-refractivity contribution in [3.05, 3.63) is 210 Å². The van der Waals surface area contributed by atoms with Gasteiger partial charge in [-0.2, -0.15) is 0 Å². The normalized spacial score (nSPS) is 13.4. The fourth-order valence-electron chi connectivity index (χ4n) is 9.58. The quantitative estimate of drug-likeness (QED) is 0.106. The van der Waals surface area contributed by atoms with Crippen LogP contribution in [0.2, 0.25) is 19.6 Å². The Morgan fingerprint density at radius 3 is 1.62 bits per heavy atom. The highest BCUT2D eigenvalue weighted by Crippen LogP contribution is 2.50. The lowest BCUT2D eigenvalue weighted by Gasteiger charge is -2.33. The van der Waals surface area contributed by atoms with E-state index in [2.05, 4.69) is 214 Å². The van der Waals surface area contributed by atoms with Gasteiger partial charge in [0.1, 0.15) is 5.82 Å². The fourth-order valence-corrected chi connectivity index (χ4v) is 11.0. The van der Waals surface area contributed by atoms with Gasteiger partial charge in [-0.25, -0.2) is 4.39 Å². The summed E-state index contributed by atoms with van der Waals surface area (Å²) in [6, 6.07) is 62.7. The molecular weight excluding hydrogens is 784 g/mol. The summed E-state index contributed by atoms with van der Waals surface area (Å²) in [6.45, 7) is 14.0. The molecule has 0 saturated carbocycles. The van der Waals surface area contributed by atoms with Gasteiger partial charge in [-0.1, -0.05) is 185 Å². The van der Waals surface area contributed by atoms with Crippen molar-refractivity contribution < 1.29 is 4.39 Å². The lowest BCUT2D eigenvalue weighted by atomic mass is 9.87. The van der Waals surface area contributed by atoms with Gasteiger partial charge in [0.05, 0.1) is 30.8 Å². The van der Waals surface area contributed by atoms with Crippen LogP contribution in [0.15, 0.2) is 199 Å². The second-order valence-corrected chi connectivity index (χ2v) is 24.2. The number of nitrogens with zero attached hydrogens (tertiary/aromatic N) is 2. The van der Waals surface area contributed by atoms with Crippen molar-refractivity contribution in [1.82, 2.24) is 0 Å². The third kappa shape index (κ3) is 7.42. The molecule has 0 amide bonds. The Hall–Kier alpha value is -6.75. The van der Waals surface area contributed by atoms with Crippen LogP contribution in [0.25, 0.3) is 54.6 Å². The molecule has 310 valence electrons. The molecule has 0 atom stereocenters. The minimum atomic E-state index is -1.48. The number of anilines is 5. The molecule has 2 nitrogen and oxygen atoms in total. The summed E-state index contributed by atoms with van der Waals surface area (Å²) in [5.74, 6) is -0.230. The molecule has 10 rings (SSSR count). The minimum absolute atomic E-state index is 0.00755. The maximum atomic E-state index is 16.1. The van der Waals surface area contributed by atoms with Gasteiger partial charge >= 0.3 is 0 Å². The van der Waals surface area contributed by atoms with Gasteiger partial charge in [-0.15, -0.1) is 0 Å². The van der Waals surface area contributed by atoms with Gasteiger partial charge in [0.2, 0.25) is 0 Å². The lowest BCUT2D eigenvalue weighted by Crippen LogP contribution is -2.27. The second kappa shape index (κ2) is 15.9. The lowest BCUT2D eigenvalue weighted by molar-refractivity contribution is 0.590. The number of hydrogen-bond donors (Lipinski definition) is 0.